The van der Waals surface area contributed by atoms with Crippen LogP contribution in [0, 0.1) is 35.0 Å². The molecule has 0 saturated heterocycles. The van der Waals surface area contributed by atoms with Crippen LogP contribution in [0.3, 0.4) is 0 Å². The average Bonchev–Trinajstić information content (AvgIpc) is 2.79. The van der Waals surface area contributed by atoms with Gasteiger partial charge in [0.1, 0.15) is 0 Å². The molecular formula is C19H28. The van der Waals surface area contributed by atoms with Crippen LogP contribution in [0.5, 0.6) is 0 Å². The zero-order valence-corrected chi connectivity index (χ0v) is 12.4. The maximum atomic E-state index is 4.56. The molecule has 0 aliphatic heterocycles. The summed E-state index contributed by atoms with van der Waals surface area (Å²) in [7, 11) is 0. The van der Waals surface area contributed by atoms with Crippen molar-refractivity contribution < 1.29 is 0 Å². The lowest BCUT2D eigenvalue weighted by molar-refractivity contribution is 0.0103. The van der Waals surface area contributed by atoms with Crippen molar-refractivity contribution in [2.45, 2.75) is 58.3 Å². The van der Waals surface area contributed by atoms with Crippen LogP contribution in [0.15, 0.2) is 24.3 Å². The minimum Gasteiger partial charge on any atom is -0.0995 e. The molecule has 4 rings (SSSR count). The quantitative estimate of drug-likeness (QED) is 0.512. The molecule has 0 aromatic rings. The first kappa shape index (κ1) is 12.2. The molecule has 3 fully saturated rings. The standard InChI is InChI=1S/C19H28/c1-13-12-19(2)11-5-8-17(19)16-10-9-14-6-3-4-7-15(14)18(13)16/h4,7,14-18H,1,3,5-6,8-12H2,2H3/t14?,15-,16-,17-,18+,19-/m0/s1. The van der Waals surface area contributed by atoms with E-state index in [0.29, 0.717) is 5.41 Å². The maximum absolute atomic E-state index is 4.56. The first-order valence-corrected chi connectivity index (χ1v) is 8.53. The zero-order valence-electron chi connectivity index (χ0n) is 12.4. The van der Waals surface area contributed by atoms with Crippen LogP contribution in [-0.4, -0.2) is 0 Å². The van der Waals surface area contributed by atoms with Gasteiger partial charge in [0.25, 0.3) is 0 Å². The largest absolute Gasteiger partial charge is 0.0995 e. The molecule has 3 saturated carbocycles. The van der Waals surface area contributed by atoms with E-state index < -0.39 is 0 Å². The Kier molecular flexibility index (Phi) is 2.73. The Bertz CT molecular complexity index is 418. The van der Waals surface area contributed by atoms with Gasteiger partial charge in [-0.1, -0.05) is 37.6 Å². The molecule has 0 heterocycles. The highest BCUT2D eigenvalue weighted by Gasteiger charge is 2.53. The van der Waals surface area contributed by atoms with Gasteiger partial charge in [-0.3, -0.25) is 0 Å². The Labute approximate surface area is 118 Å². The van der Waals surface area contributed by atoms with Gasteiger partial charge in [-0.2, -0.15) is 0 Å². The van der Waals surface area contributed by atoms with E-state index in [1.165, 1.54) is 51.4 Å². The molecule has 0 nitrogen and oxygen atoms in total. The second kappa shape index (κ2) is 4.24. The lowest BCUT2D eigenvalue weighted by atomic mass is 9.50. The number of allylic oxidation sites excluding steroid dienone is 3. The highest BCUT2D eigenvalue weighted by Crippen LogP contribution is 2.63. The molecule has 0 aromatic heterocycles. The third-order valence-electron chi connectivity index (χ3n) is 7.13. The summed E-state index contributed by atoms with van der Waals surface area (Å²) >= 11 is 0. The summed E-state index contributed by atoms with van der Waals surface area (Å²) in [5.74, 6) is 4.66. The van der Waals surface area contributed by atoms with Crippen molar-refractivity contribution in [3.05, 3.63) is 24.3 Å². The molecule has 19 heavy (non-hydrogen) atoms. The Hall–Kier alpha value is -0.520. The third-order valence-corrected chi connectivity index (χ3v) is 7.13. The van der Waals surface area contributed by atoms with E-state index >= 15 is 0 Å². The van der Waals surface area contributed by atoms with Crippen LogP contribution in [0.4, 0.5) is 0 Å². The van der Waals surface area contributed by atoms with Gasteiger partial charge < -0.3 is 0 Å². The fraction of sp³-hybridized carbons (Fsp3) is 0.789. The molecule has 0 amide bonds. The lowest BCUT2D eigenvalue weighted by Gasteiger charge is -2.54. The summed E-state index contributed by atoms with van der Waals surface area (Å²) in [5, 5.41) is 0. The van der Waals surface area contributed by atoms with Crippen molar-refractivity contribution in [2.75, 3.05) is 0 Å². The van der Waals surface area contributed by atoms with Crippen LogP contribution >= 0.6 is 0 Å². The Morgan fingerprint density at radius 3 is 3.00 bits per heavy atom. The molecule has 6 atom stereocenters. The maximum Gasteiger partial charge on any atom is -0.0109 e. The SMILES string of the molecule is C=C1C[C@]2(C)CCC[C@H]2[C@@H]2CCC3CCC=C[C@@H]3[C@@H]12. The first-order chi connectivity index (χ1) is 9.19. The minimum atomic E-state index is 0.615. The molecule has 104 valence electrons. The van der Waals surface area contributed by atoms with Crippen molar-refractivity contribution >= 4 is 0 Å². The van der Waals surface area contributed by atoms with E-state index in [0.717, 1.165) is 29.6 Å². The van der Waals surface area contributed by atoms with E-state index in [9.17, 15) is 0 Å². The minimum absolute atomic E-state index is 0.615. The van der Waals surface area contributed by atoms with Gasteiger partial charge in [0.05, 0.1) is 0 Å². The van der Waals surface area contributed by atoms with E-state index in [1.807, 2.05) is 0 Å². The fourth-order valence-corrected chi connectivity index (χ4v) is 6.41. The van der Waals surface area contributed by atoms with Crippen molar-refractivity contribution in [2.24, 2.45) is 35.0 Å². The van der Waals surface area contributed by atoms with Crippen LogP contribution in [0.1, 0.15) is 58.3 Å². The van der Waals surface area contributed by atoms with Crippen molar-refractivity contribution in [3.63, 3.8) is 0 Å². The smallest absolute Gasteiger partial charge is 0.0109 e. The Balaban J connectivity index is 1.69. The van der Waals surface area contributed by atoms with E-state index in [-0.39, 0.29) is 0 Å². The van der Waals surface area contributed by atoms with Crippen LogP contribution < -0.4 is 0 Å². The van der Waals surface area contributed by atoms with Gasteiger partial charge in [-0.05, 0) is 80.0 Å². The van der Waals surface area contributed by atoms with Crippen molar-refractivity contribution in [1.29, 1.82) is 0 Å². The highest BCUT2D eigenvalue weighted by molar-refractivity contribution is 5.21. The first-order valence-electron chi connectivity index (χ1n) is 8.53. The molecule has 0 heteroatoms. The number of hydrogen-bond donors (Lipinski definition) is 0. The van der Waals surface area contributed by atoms with Crippen molar-refractivity contribution in [1.82, 2.24) is 0 Å². The fourth-order valence-electron chi connectivity index (χ4n) is 6.41. The average molecular weight is 256 g/mol. The number of rotatable bonds is 0. The van der Waals surface area contributed by atoms with Gasteiger partial charge in [0, 0.05) is 0 Å². The lowest BCUT2D eigenvalue weighted by Crippen LogP contribution is -2.46. The molecule has 4 aliphatic rings. The molecule has 0 spiro atoms. The van der Waals surface area contributed by atoms with Gasteiger partial charge in [-0.25, -0.2) is 0 Å². The van der Waals surface area contributed by atoms with Gasteiger partial charge >= 0.3 is 0 Å². The third kappa shape index (κ3) is 1.71. The van der Waals surface area contributed by atoms with Gasteiger partial charge in [0.2, 0.25) is 0 Å². The predicted molar refractivity (Wildman–Crippen MR) is 80.8 cm³/mol. The number of hydrogen-bond acceptors (Lipinski definition) is 0. The van der Waals surface area contributed by atoms with E-state index in [4.69, 9.17) is 0 Å². The molecule has 0 N–H and O–H groups in total. The summed E-state index contributed by atoms with van der Waals surface area (Å²) in [6.07, 6.45) is 16.6. The Morgan fingerprint density at radius 2 is 2.11 bits per heavy atom. The number of fused-ring (bicyclic) bond motifs is 5. The molecule has 0 radical (unpaired) electrons. The second-order valence-corrected chi connectivity index (χ2v) is 8.10. The monoisotopic (exact) mass is 256 g/mol. The molecule has 1 unspecified atom stereocenters. The summed E-state index contributed by atoms with van der Waals surface area (Å²) in [6.45, 7) is 7.13. The summed E-state index contributed by atoms with van der Waals surface area (Å²) in [5.41, 5.74) is 2.23. The molecule has 0 bridgehead atoms. The summed E-state index contributed by atoms with van der Waals surface area (Å²) in [4.78, 5) is 0. The normalized spacial score (nSPS) is 52.5. The molecule has 0 aromatic carbocycles. The van der Waals surface area contributed by atoms with Gasteiger partial charge in [-0.15, -0.1) is 0 Å². The zero-order chi connectivity index (χ0) is 13.0. The van der Waals surface area contributed by atoms with Crippen molar-refractivity contribution in [3.8, 4) is 0 Å². The molecule has 4 aliphatic carbocycles. The van der Waals surface area contributed by atoms with E-state index in [2.05, 4.69) is 25.7 Å². The van der Waals surface area contributed by atoms with Crippen LogP contribution in [0.2, 0.25) is 0 Å². The predicted octanol–water partition coefficient (Wildman–Crippen LogP) is 5.36. The summed E-state index contributed by atoms with van der Waals surface area (Å²) < 4.78 is 0. The van der Waals surface area contributed by atoms with E-state index in [1.54, 1.807) is 5.57 Å². The molecular weight excluding hydrogens is 228 g/mol. The highest BCUT2D eigenvalue weighted by atomic mass is 14.6. The Morgan fingerprint density at radius 1 is 1.21 bits per heavy atom. The van der Waals surface area contributed by atoms with Gasteiger partial charge in [0.15, 0.2) is 0 Å². The summed E-state index contributed by atoms with van der Waals surface area (Å²) in [6, 6.07) is 0. The van der Waals surface area contributed by atoms with Crippen LogP contribution in [0.25, 0.3) is 0 Å². The second-order valence-electron chi connectivity index (χ2n) is 8.10. The topological polar surface area (TPSA) is 0 Å². The van der Waals surface area contributed by atoms with Crippen LogP contribution in [-0.2, 0) is 0 Å².